The zero-order valence-corrected chi connectivity index (χ0v) is 11.0. The third kappa shape index (κ3) is 3.02. The van der Waals surface area contributed by atoms with E-state index in [1.807, 2.05) is 12.1 Å². The molecule has 0 amide bonds. The minimum absolute atomic E-state index is 0.412. The number of carbonyl (C=O) groups is 1. The highest BCUT2D eigenvalue weighted by molar-refractivity contribution is 8.00. The molecule has 0 aliphatic carbocycles. The highest BCUT2D eigenvalue weighted by atomic mass is 35.5. The summed E-state index contributed by atoms with van der Waals surface area (Å²) >= 11 is 6.88. The summed E-state index contributed by atoms with van der Waals surface area (Å²) in [7, 11) is 0. The summed E-state index contributed by atoms with van der Waals surface area (Å²) in [5.41, 5.74) is 0.849. The molecule has 0 unspecified atom stereocenters. The van der Waals surface area contributed by atoms with Crippen LogP contribution in [0, 0.1) is 0 Å². The van der Waals surface area contributed by atoms with Crippen LogP contribution in [0.3, 0.4) is 0 Å². The Morgan fingerprint density at radius 1 is 1.44 bits per heavy atom. The molecule has 0 spiro atoms. The molecule has 0 bridgehead atoms. The Morgan fingerprint density at radius 2 is 2.11 bits per heavy atom. The van der Waals surface area contributed by atoms with Crippen molar-refractivity contribution in [2.75, 3.05) is 0 Å². The third-order valence-corrected chi connectivity index (χ3v) is 3.41. The number of hydrogen-bond donors (Lipinski definition) is 2. The van der Waals surface area contributed by atoms with Crippen LogP contribution in [0.15, 0.2) is 29.4 Å². The Labute approximate surface area is 113 Å². The van der Waals surface area contributed by atoms with Gasteiger partial charge in [-0.3, -0.25) is 9.89 Å². The summed E-state index contributed by atoms with van der Waals surface area (Å²) in [6.45, 7) is 1.59. The summed E-state index contributed by atoms with van der Waals surface area (Å²) in [4.78, 5) is 14.9. The van der Waals surface area contributed by atoms with E-state index in [0.717, 1.165) is 17.3 Å². The minimum atomic E-state index is -0.891. The number of aromatic nitrogens is 3. The van der Waals surface area contributed by atoms with Gasteiger partial charge >= 0.3 is 5.97 Å². The van der Waals surface area contributed by atoms with Gasteiger partial charge in [0.1, 0.15) is 5.25 Å². The maximum Gasteiger partial charge on any atom is 0.316 e. The van der Waals surface area contributed by atoms with Crippen LogP contribution in [0.4, 0.5) is 0 Å². The first-order valence-corrected chi connectivity index (χ1v) is 6.40. The van der Waals surface area contributed by atoms with Crippen LogP contribution in [0.25, 0.3) is 11.4 Å². The molecular weight excluding hydrogens is 274 g/mol. The summed E-state index contributed by atoms with van der Waals surface area (Å²) in [5, 5.41) is 16.0. The topological polar surface area (TPSA) is 78.9 Å². The standard InChI is InChI=1S/C11H10ClN3O2S/c1-6(10(16)17)18-11-13-9(14-15-11)7-2-4-8(12)5-3-7/h2-6H,1H3,(H,16,17)(H,13,14,15)/t6-/m0/s1. The molecule has 0 fully saturated rings. The molecule has 0 radical (unpaired) electrons. The zero-order chi connectivity index (χ0) is 13.1. The van der Waals surface area contributed by atoms with Crippen molar-refractivity contribution in [3.05, 3.63) is 29.3 Å². The summed E-state index contributed by atoms with van der Waals surface area (Å²) < 4.78 is 0. The molecule has 1 atom stereocenters. The number of benzene rings is 1. The van der Waals surface area contributed by atoms with E-state index in [2.05, 4.69) is 15.2 Å². The second-order valence-electron chi connectivity index (χ2n) is 3.57. The van der Waals surface area contributed by atoms with Gasteiger partial charge in [-0.05, 0) is 31.2 Å². The first kappa shape index (κ1) is 12.9. The summed E-state index contributed by atoms with van der Waals surface area (Å²) in [6, 6.07) is 7.15. The molecule has 1 aromatic heterocycles. The van der Waals surface area contributed by atoms with Crippen molar-refractivity contribution >= 4 is 29.3 Å². The molecule has 0 saturated heterocycles. The molecule has 2 aromatic rings. The molecule has 1 aromatic carbocycles. The Hall–Kier alpha value is -1.53. The number of nitrogens with zero attached hydrogens (tertiary/aromatic N) is 2. The molecule has 1 heterocycles. The highest BCUT2D eigenvalue weighted by Crippen LogP contribution is 2.23. The Morgan fingerprint density at radius 3 is 2.72 bits per heavy atom. The average molecular weight is 284 g/mol. The first-order valence-electron chi connectivity index (χ1n) is 5.14. The quantitative estimate of drug-likeness (QED) is 0.844. The van der Waals surface area contributed by atoms with E-state index in [9.17, 15) is 4.79 Å². The molecule has 0 aliphatic heterocycles. The SMILES string of the molecule is C[C@H](Sc1n[nH]c(-c2ccc(Cl)cc2)n1)C(=O)O. The van der Waals surface area contributed by atoms with Gasteiger partial charge in [0.25, 0.3) is 0 Å². The van der Waals surface area contributed by atoms with E-state index in [0.29, 0.717) is 16.0 Å². The number of halogens is 1. The third-order valence-electron chi connectivity index (χ3n) is 2.21. The molecule has 0 saturated carbocycles. The number of aromatic amines is 1. The van der Waals surface area contributed by atoms with Crippen molar-refractivity contribution < 1.29 is 9.90 Å². The predicted molar refractivity (Wildman–Crippen MR) is 69.8 cm³/mol. The smallest absolute Gasteiger partial charge is 0.316 e. The fraction of sp³-hybridized carbons (Fsp3) is 0.182. The maximum atomic E-state index is 10.7. The van der Waals surface area contributed by atoms with E-state index in [1.54, 1.807) is 19.1 Å². The van der Waals surface area contributed by atoms with Crippen LogP contribution < -0.4 is 0 Å². The van der Waals surface area contributed by atoms with Crippen LogP contribution in [0.2, 0.25) is 5.02 Å². The van der Waals surface area contributed by atoms with Gasteiger partial charge in [0.05, 0.1) is 0 Å². The maximum absolute atomic E-state index is 10.7. The van der Waals surface area contributed by atoms with Gasteiger partial charge in [0.15, 0.2) is 5.82 Å². The molecule has 0 aliphatic rings. The van der Waals surface area contributed by atoms with Gasteiger partial charge in [-0.2, -0.15) is 0 Å². The highest BCUT2D eigenvalue weighted by Gasteiger charge is 2.15. The summed E-state index contributed by atoms with van der Waals surface area (Å²) in [6.07, 6.45) is 0. The van der Waals surface area contributed by atoms with Crippen molar-refractivity contribution in [1.82, 2.24) is 15.2 Å². The van der Waals surface area contributed by atoms with Crippen LogP contribution in [-0.4, -0.2) is 31.5 Å². The second-order valence-corrected chi connectivity index (χ2v) is 5.32. The minimum Gasteiger partial charge on any atom is -0.480 e. The fourth-order valence-electron chi connectivity index (χ4n) is 1.24. The molecular formula is C11H10ClN3O2S. The number of hydrogen-bond acceptors (Lipinski definition) is 4. The first-order chi connectivity index (χ1) is 8.56. The monoisotopic (exact) mass is 283 g/mol. The second kappa shape index (κ2) is 5.41. The van der Waals surface area contributed by atoms with E-state index in [4.69, 9.17) is 16.7 Å². The molecule has 7 heteroatoms. The normalized spacial score (nSPS) is 12.3. The lowest BCUT2D eigenvalue weighted by atomic mass is 10.2. The largest absolute Gasteiger partial charge is 0.480 e. The van der Waals surface area contributed by atoms with Gasteiger partial charge in [0, 0.05) is 10.6 Å². The molecule has 94 valence electrons. The number of rotatable bonds is 4. The number of thioether (sulfide) groups is 1. The van der Waals surface area contributed by atoms with Crippen molar-refractivity contribution in [2.45, 2.75) is 17.3 Å². The Bertz CT molecular complexity index is 556. The zero-order valence-electron chi connectivity index (χ0n) is 9.42. The fourth-order valence-corrected chi connectivity index (χ4v) is 2.03. The number of carboxylic acid groups (broad SMARTS) is 1. The van der Waals surface area contributed by atoms with Crippen LogP contribution >= 0.6 is 23.4 Å². The van der Waals surface area contributed by atoms with E-state index in [-0.39, 0.29) is 0 Å². The summed E-state index contributed by atoms with van der Waals surface area (Å²) in [5.74, 6) is -0.301. The molecule has 2 rings (SSSR count). The Balaban J connectivity index is 2.15. The lowest BCUT2D eigenvalue weighted by Gasteiger charge is -2.00. The number of aliphatic carboxylic acids is 1. The van der Waals surface area contributed by atoms with Crippen molar-refractivity contribution in [2.24, 2.45) is 0 Å². The van der Waals surface area contributed by atoms with E-state index < -0.39 is 11.2 Å². The van der Waals surface area contributed by atoms with Crippen LogP contribution in [0.1, 0.15) is 6.92 Å². The van der Waals surface area contributed by atoms with Gasteiger partial charge in [0.2, 0.25) is 5.16 Å². The lowest BCUT2D eigenvalue weighted by molar-refractivity contribution is -0.136. The number of carboxylic acids is 1. The number of H-pyrrole nitrogens is 1. The van der Waals surface area contributed by atoms with Crippen LogP contribution in [-0.2, 0) is 4.79 Å². The molecule has 18 heavy (non-hydrogen) atoms. The van der Waals surface area contributed by atoms with Gasteiger partial charge in [-0.1, -0.05) is 23.4 Å². The predicted octanol–water partition coefficient (Wildman–Crippen LogP) is 2.69. The van der Waals surface area contributed by atoms with Crippen molar-refractivity contribution in [3.63, 3.8) is 0 Å². The molecule has 5 nitrogen and oxygen atoms in total. The van der Waals surface area contributed by atoms with Gasteiger partial charge < -0.3 is 5.11 Å². The molecule has 2 N–H and O–H groups in total. The van der Waals surface area contributed by atoms with Crippen LogP contribution in [0.5, 0.6) is 0 Å². The van der Waals surface area contributed by atoms with Crippen molar-refractivity contribution in [1.29, 1.82) is 0 Å². The van der Waals surface area contributed by atoms with E-state index >= 15 is 0 Å². The van der Waals surface area contributed by atoms with Crippen molar-refractivity contribution in [3.8, 4) is 11.4 Å². The van der Waals surface area contributed by atoms with E-state index in [1.165, 1.54) is 0 Å². The van der Waals surface area contributed by atoms with Gasteiger partial charge in [-0.15, -0.1) is 5.10 Å². The Kier molecular flexibility index (Phi) is 3.88. The number of nitrogens with one attached hydrogen (secondary N) is 1. The average Bonchev–Trinajstić information content (AvgIpc) is 2.78. The lowest BCUT2D eigenvalue weighted by Crippen LogP contribution is -2.11. The van der Waals surface area contributed by atoms with Gasteiger partial charge in [-0.25, -0.2) is 4.98 Å².